The lowest BCUT2D eigenvalue weighted by Crippen LogP contribution is -2.40. The molecule has 3 heterocycles. The Morgan fingerprint density at radius 1 is 1.11 bits per heavy atom. The summed E-state index contributed by atoms with van der Waals surface area (Å²) in [7, 11) is 0. The summed E-state index contributed by atoms with van der Waals surface area (Å²) in [6.07, 6.45) is 4.69. The number of benzene rings is 1. The Balaban J connectivity index is 1.40. The first-order valence-corrected chi connectivity index (χ1v) is 10.2. The molecule has 7 heteroatoms. The van der Waals surface area contributed by atoms with Crippen molar-refractivity contribution in [3.8, 4) is 0 Å². The molecule has 0 saturated carbocycles. The third-order valence-electron chi connectivity index (χ3n) is 4.92. The average Bonchev–Trinajstić information content (AvgIpc) is 3.41. The maximum absolute atomic E-state index is 12.7. The monoisotopic (exact) mass is 395 g/mol. The topological polar surface area (TPSA) is 67.8 Å². The molecule has 1 aromatic carbocycles. The minimum Gasteiger partial charge on any atom is -0.459 e. The van der Waals surface area contributed by atoms with Gasteiger partial charge in [-0.2, -0.15) is 4.99 Å². The van der Waals surface area contributed by atoms with Gasteiger partial charge in [0.2, 0.25) is 0 Å². The molecule has 28 heavy (non-hydrogen) atoms. The lowest BCUT2D eigenvalue weighted by molar-refractivity contribution is -0.123. The highest BCUT2D eigenvalue weighted by atomic mass is 32.1. The molecular weight excluding hydrogens is 374 g/mol. The Bertz CT molecular complexity index is 997. The Morgan fingerprint density at radius 3 is 2.61 bits per heavy atom. The molecule has 0 N–H and O–H groups in total. The molecule has 1 aliphatic rings. The van der Waals surface area contributed by atoms with Crippen LogP contribution in [0.3, 0.4) is 0 Å². The fourth-order valence-electron chi connectivity index (χ4n) is 3.36. The minimum absolute atomic E-state index is 0.102. The van der Waals surface area contributed by atoms with E-state index in [-0.39, 0.29) is 17.7 Å². The third-order valence-corrected chi connectivity index (χ3v) is 5.72. The van der Waals surface area contributed by atoms with E-state index in [1.54, 1.807) is 17.0 Å². The smallest absolute Gasteiger partial charge is 0.289 e. The van der Waals surface area contributed by atoms with Crippen LogP contribution in [0.2, 0.25) is 0 Å². The minimum atomic E-state index is -0.145. The summed E-state index contributed by atoms with van der Waals surface area (Å²) in [5.74, 6) is -0.0240. The largest absolute Gasteiger partial charge is 0.459 e. The summed E-state index contributed by atoms with van der Waals surface area (Å²) in [5.41, 5.74) is 1.17. The molecule has 1 aliphatic heterocycles. The van der Waals surface area contributed by atoms with Crippen molar-refractivity contribution in [1.29, 1.82) is 0 Å². The molecule has 0 atom stereocenters. The van der Waals surface area contributed by atoms with Crippen LogP contribution in [-0.4, -0.2) is 34.4 Å². The van der Waals surface area contributed by atoms with Crippen LogP contribution >= 0.6 is 11.3 Å². The predicted octanol–water partition coefficient (Wildman–Crippen LogP) is 3.17. The van der Waals surface area contributed by atoms with Crippen molar-refractivity contribution in [1.82, 2.24) is 9.47 Å². The van der Waals surface area contributed by atoms with Crippen molar-refractivity contribution < 1.29 is 14.0 Å². The van der Waals surface area contributed by atoms with Crippen molar-refractivity contribution in [3.63, 3.8) is 0 Å². The number of carbonyl (C=O) groups excluding carboxylic acids is 2. The SMILES string of the molecule is O=C(N=c1sccn1Cc1ccccc1)C1CCN(C(=O)c2ccco2)CC1. The van der Waals surface area contributed by atoms with Gasteiger partial charge in [0, 0.05) is 37.1 Å². The summed E-state index contributed by atoms with van der Waals surface area (Å²) < 4.78 is 7.17. The molecule has 0 radical (unpaired) electrons. The van der Waals surface area contributed by atoms with Crippen LogP contribution in [0.5, 0.6) is 0 Å². The zero-order valence-electron chi connectivity index (χ0n) is 15.4. The maximum atomic E-state index is 12.7. The quantitative estimate of drug-likeness (QED) is 0.681. The molecule has 6 nitrogen and oxygen atoms in total. The van der Waals surface area contributed by atoms with Crippen molar-refractivity contribution in [2.45, 2.75) is 19.4 Å². The number of piperidine rings is 1. The van der Waals surface area contributed by atoms with Crippen molar-refractivity contribution in [3.05, 3.63) is 76.4 Å². The number of aromatic nitrogens is 1. The van der Waals surface area contributed by atoms with E-state index in [4.69, 9.17) is 4.42 Å². The van der Waals surface area contributed by atoms with Crippen LogP contribution in [0.1, 0.15) is 29.0 Å². The highest BCUT2D eigenvalue weighted by Crippen LogP contribution is 2.20. The van der Waals surface area contributed by atoms with Crippen LogP contribution < -0.4 is 4.80 Å². The van der Waals surface area contributed by atoms with Crippen LogP contribution in [-0.2, 0) is 11.3 Å². The van der Waals surface area contributed by atoms with Gasteiger partial charge in [-0.05, 0) is 30.5 Å². The van der Waals surface area contributed by atoms with E-state index in [1.807, 2.05) is 34.3 Å². The molecule has 1 saturated heterocycles. The Hall–Kier alpha value is -2.93. The summed E-state index contributed by atoms with van der Waals surface area (Å²) in [6, 6.07) is 13.5. The number of hydrogen-bond donors (Lipinski definition) is 0. The summed E-state index contributed by atoms with van der Waals surface area (Å²) in [5, 5.41) is 1.94. The number of furan rings is 1. The van der Waals surface area contributed by atoms with Gasteiger partial charge >= 0.3 is 0 Å². The molecule has 3 aromatic rings. The first-order chi connectivity index (χ1) is 13.7. The standard InChI is InChI=1S/C21H21N3O3S/c25-19(17-8-10-23(11-9-17)20(26)18-7-4-13-27-18)22-21-24(12-14-28-21)15-16-5-2-1-3-6-16/h1-7,12-14,17H,8-11,15H2. The van der Waals surface area contributed by atoms with Gasteiger partial charge in [-0.25, -0.2) is 0 Å². The number of hydrogen-bond acceptors (Lipinski definition) is 4. The molecule has 0 aliphatic carbocycles. The van der Waals surface area contributed by atoms with Gasteiger partial charge in [-0.15, -0.1) is 11.3 Å². The van der Waals surface area contributed by atoms with E-state index in [9.17, 15) is 9.59 Å². The zero-order chi connectivity index (χ0) is 19.3. The lowest BCUT2D eigenvalue weighted by atomic mass is 9.96. The number of likely N-dealkylation sites (tertiary alicyclic amines) is 1. The van der Waals surface area contributed by atoms with E-state index in [2.05, 4.69) is 17.1 Å². The second-order valence-electron chi connectivity index (χ2n) is 6.79. The third kappa shape index (κ3) is 4.14. The molecule has 4 rings (SSSR count). The van der Waals surface area contributed by atoms with E-state index in [0.29, 0.717) is 43.0 Å². The molecule has 144 valence electrons. The van der Waals surface area contributed by atoms with E-state index >= 15 is 0 Å². The molecular formula is C21H21N3O3S. The Labute approximate surface area is 166 Å². The number of nitrogens with zero attached hydrogens (tertiary/aromatic N) is 3. The Morgan fingerprint density at radius 2 is 1.89 bits per heavy atom. The fraction of sp³-hybridized carbons (Fsp3) is 0.286. The number of thiazole rings is 1. The molecule has 0 unspecified atom stereocenters. The summed E-state index contributed by atoms with van der Waals surface area (Å²) in [6.45, 7) is 1.77. The number of amides is 2. The zero-order valence-corrected chi connectivity index (χ0v) is 16.2. The molecule has 2 amide bonds. The van der Waals surface area contributed by atoms with E-state index < -0.39 is 0 Å². The second kappa shape index (κ2) is 8.39. The van der Waals surface area contributed by atoms with Crippen molar-refractivity contribution in [2.75, 3.05) is 13.1 Å². The molecule has 0 bridgehead atoms. The molecule has 2 aromatic heterocycles. The van der Waals surface area contributed by atoms with Gasteiger partial charge < -0.3 is 13.9 Å². The Kier molecular flexibility index (Phi) is 5.53. The van der Waals surface area contributed by atoms with Crippen molar-refractivity contribution >= 4 is 23.2 Å². The first kappa shape index (κ1) is 18.4. The van der Waals surface area contributed by atoms with Gasteiger partial charge in [0.1, 0.15) is 0 Å². The summed E-state index contributed by atoms with van der Waals surface area (Å²) in [4.78, 5) is 31.8. The number of carbonyl (C=O) groups is 2. The highest BCUT2D eigenvalue weighted by molar-refractivity contribution is 7.07. The van der Waals surface area contributed by atoms with Gasteiger partial charge in [-0.1, -0.05) is 30.3 Å². The van der Waals surface area contributed by atoms with E-state index in [1.165, 1.54) is 23.2 Å². The lowest BCUT2D eigenvalue weighted by Gasteiger charge is -2.29. The van der Waals surface area contributed by atoms with Crippen LogP contribution in [0, 0.1) is 5.92 Å². The van der Waals surface area contributed by atoms with Crippen molar-refractivity contribution in [2.24, 2.45) is 10.9 Å². The first-order valence-electron chi connectivity index (χ1n) is 9.30. The fourth-order valence-corrected chi connectivity index (χ4v) is 4.09. The highest BCUT2D eigenvalue weighted by Gasteiger charge is 2.28. The maximum Gasteiger partial charge on any atom is 0.289 e. The van der Waals surface area contributed by atoms with Crippen LogP contribution in [0.4, 0.5) is 0 Å². The average molecular weight is 395 g/mol. The molecule has 1 fully saturated rings. The van der Waals surface area contributed by atoms with Crippen LogP contribution in [0.15, 0.2) is 69.7 Å². The summed E-state index contributed by atoms with van der Waals surface area (Å²) >= 11 is 1.46. The molecule has 0 spiro atoms. The van der Waals surface area contributed by atoms with Gasteiger partial charge in [-0.3, -0.25) is 9.59 Å². The van der Waals surface area contributed by atoms with E-state index in [0.717, 1.165) is 0 Å². The number of rotatable bonds is 4. The second-order valence-corrected chi connectivity index (χ2v) is 7.67. The van der Waals surface area contributed by atoms with Gasteiger partial charge in [0.05, 0.1) is 6.26 Å². The normalized spacial score (nSPS) is 15.7. The van der Waals surface area contributed by atoms with Gasteiger partial charge in [0.15, 0.2) is 10.6 Å². The van der Waals surface area contributed by atoms with Crippen LogP contribution in [0.25, 0.3) is 0 Å². The predicted molar refractivity (Wildman–Crippen MR) is 106 cm³/mol. The van der Waals surface area contributed by atoms with Gasteiger partial charge in [0.25, 0.3) is 11.8 Å².